The summed E-state index contributed by atoms with van der Waals surface area (Å²) in [6, 6.07) is 16.6. The van der Waals surface area contributed by atoms with Crippen LogP contribution in [0.25, 0.3) is 6.08 Å². The van der Waals surface area contributed by atoms with Gasteiger partial charge in [0.15, 0.2) is 0 Å². The third kappa shape index (κ3) is 6.84. The molecule has 0 bridgehead atoms. The van der Waals surface area contributed by atoms with Crippen LogP contribution in [0.15, 0.2) is 53.4 Å². The number of methoxy groups -OCH3 is 1. The molecule has 2 aliphatic heterocycles. The molecule has 7 nitrogen and oxygen atoms in total. The van der Waals surface area contributed by atoms with E-state index >= 15 is 0 Å². The molecule has 40 heavy (non-hydrogen) atoms. The van der Waals surface area contributed by atoms with Gasteiger partial charge >= 0.3 is 0 Å². The molecule has 2 saturated heterocycles. The number of fused-ring (bicyclic) bond motifs is 1. The largest absolute Gasteiger partial charge is 0.497 e. The zero-order valence-electron chi connectivity index (χ0n) is 24.0. The van der Waals surface area contributed by atoms with Gasteiger partial charge in [-0.05, 0) is 75.1 Å². The molecule has 1 saturated carbocycles. The van der Waals surface area contributed by atoms with Crippen molar-refractivity contribution < 1.29 is 14.3 Å². The number of hydrogen-bond donors (Lipinski definition) is 1. The number of hydrogen-bond acceptors (Lipinski definition) is 6. The smallest absolute Gasteiger partial charge is 0.260 e. The normalized spacial score (nSPS) is 24.6. The summed E-state index contributed by atoms with van der Waals surface area (Å²) in [5, 5.41) is 3.54. The summed E-state index contributed by atoms with van der Waals surface area (Å²) in [5.41, 5.74) is 3.49. The van der Waals surface area contributed by atoms with E-state index in [4.69, 9.17) is 4.74 Å². The monoisotopic (exact) mass is 562 g/mol. The third-order valence-corrected chi connectivity index (χ3v) is 9.93. The van der Waals surface area contributed by atoms with Crippen molar-refractivity contribution in [3.63, 3.8) is 0 Å². The molecule has 0 radical (unpaired) electrons. The predicted octanol–water partition coefficient (Wildman–Crippen LogP) is 4.42. The van der Waals surface area contributed by atoms with Crippen LogP contribution in [0, 0.1) is 12.8 Å². The Hall–Kier alpha value is -2.97. The van der Waals surface area contributed by atoms with Crippen molar-refractivity contribution in [2.75, 3.05) is 58.3 Å². The third-order valence-electron chi connectivity index (χ3n) is 8.53. The van der Waals surface area contributed by atoms with Gasteiger partial charge in [-0.3, -0.25) is 14.5 Å². The Bertz CT molecular complexity index is 1210. The number of anilines is 1. The number of thioether (sulfide) groups is 1. The topological polar surface area (TPSA) is 65.1 Å². The highest BCUT2D eigenvalue weighted by atomic mass is 32.2. The average Bonchev–Trinajstić information content (AvgIpc) is 2.98. The van der Waals surface area contributed by atoms with E-state index in [0.717, 1.165) is 74.6 Å². The minimum Gasteiger partial charge on any atom is -0.497 e. The first-order valence-corrected chi connectivity index (χ1v) is 15.4. The summed E-state index contributed by atoms with van der Waals surface area (Å²) in [4.78, 5) is 33.8. The van der Waals surface area contributed by atoms with Gasteiger partial charge in [-0.15, -0.1) is 11.8 Å². The molecule has 5 rings (SSSR count). The molecule has 1 N–H and O–H groups in total. The van der Waals surface area contributed by atoms with Gasteiger partial charge in [-0.2, -0.15) is 0 Å². The first kappa shape index (κ1) is 28.6. The molecule has 3 aliphatic rings. The molecule has 2 aromatic carbocycles. The number of nitrogens with zero attached hydrogens (tertiary/aromatic N) is 3. The Morgan fingerprint density at radius 2 is 1.88 bits per heavy atom. The average molecular weight is 563 g/mol. The number of ether oxygens (including phenoxy) is 1. The van der Waals surface area contributed by atoms with Crippen molar-refractivity contribution in [3.8, 4) is 5.75 Å². The van der Waals surface area contributed by atoms with Crippen LogP contribution in [-0.4, -0.2) is 86.3 Å². The van der Waals surface area contributed by atoms with Gasteiger partial charge in [-0.25, -0.2) is 0 Å². The fraction of sp³-hybridized carbons (Fsp3) is 0.500. The summed E-state index contributed by atoms with van der Waals surface area (Å²) in [6.45, 7) is 7.85. The maximum atomic E-state index is 13.2. The second-order valence-electron chi connectivity index (χ2n) is 11.2. The highest BCUT2D eigenvalue weighted by Crippen LogP contribution is 2.43. The highest BCUT2D eigenvalue weighted by Gasteiger charge is 2.42. The number of amides is 2. The standard InChI is InChI=1S/C32H42N4O3S/c1-23-6-4-7-24(20-23)21-30-32(38)34(2)28-22-25(8-13-29(28)40-30)31(37)33-14-5-15-35-16-18-36(19-17-35)26-9-11-27(39-3)12-10-26/h4,6-7,9-12,20-21,25,28-29H,5,8,13-19,22H2,1-3H3,(H,33,37)/b30-21+. The van der Waals surface area contributed by atoms with E-state index in [1.54, 1.807) is 18.9 Å². The lowest BCUT2D eigenvalue weighted by Crippen LogP contribution is -2.52. The van der Waals surface area contributed by atoms with E-state index in [2.05, 4.69) is 46.3 Å². The molecule has 3 unspecified atom stereocenters. The maximum absolute atomic E-state index is 13.2. The molecule has 2 heterocycles. The van der Waals surface area contributed by atoms with Gasteiger partial charge in [-0.1, -0.05) is 29.8 Å². The lowest BCUT2D eigenvalue weighted by Gasteiger charge is -2.44. The van der Waals surface area contributed by atoms with Crippen molar-refractivity contribution in [2.24, 2.45) is 5.92 Å². The van der Waals surface area contributed by atoms with Crippen LogP contribution < -0.4 is 15.0 Å². The molecule has 214 valence electrons. The van der Waals surface area contributed by atoms with Gasteiger partial charge in [0.25, 0.3) is 5.91 Å². The van der Waals surface area contributed by atoms with Crippen molar-refractivity contribution in [3.05, 3.63) is 64.6 Å². The molecule has 3 atom stereocenters. The minimum absolute atomic E-state index is 0.0209. The number of nitrogens with one attached hydrogen (secondary N) is 1. The Kier molecular flexibility index (Phi) is 9.37. The second-order valence-corrected chi connectivity index (χ2v) is 12.5. The Labute approximate surface area is 242 Å². The number of carbonyl (C=O) groups is 2. The van der Waals surface area contributed by atoms with E-state index in [1.165, 1.54) is 11.3 Å². The predicted molar refractivity (Wildman–Crippen MR) is 164 cm³/mol. The van der Waals surface area contributed by atoms with Crippen LogP contribution in [0.2, 0.25) is 0 Å². The summed E-state index contributed by atoms with van der Waals surface area (Å²) < 4.78 is 5.27. The fourth-order valence-electron chi connectivity index (χ4n) is 6.13. The molecular weight excluding hydrogens is 520 g/mol. The van der Waals surface area contributed by atoms with E-state index in [-0.39, 0.29) is 23.8 Å². The lowest BCUT2D eigenvalue weighted by molar-refractivity contribution is -0.131. The SMILES string of the molecule is COc1ccc(N2CCN(CCCNC(=O)C3CCC4S/C(=C/c5cccc(C)c5)C(=O)N(C)C4C3)CC2)cc1. The van der Waals surface area contributed by atoms with Crippen LogP contribution in [0.1, 0.15) is 36.8 Å². The molecule has 1 aliphatic carbocycles. The van der Waals surface area contributed by atoms with Crippen LogP contribution in [0.3, 0.4) is 0 Å². The van der Waals surface area contributed by atoms with Gasteiger partial charge in [0.1, 0.15) is 5.75 Å². The number of piperazine rings is 1. The van der Waals surface area contributed by atoms with Crippen molar-refractivity contribution in [2.45, 2.75) is 43.9 Å². The van der Waals surface area contributed by atoms with Crippen molar-refractivity contribution >= 4 is 35.3 Å². The number of rotatable bonds is 8. The quantitative estimate of drug-likeness (QED) is 0.380. The first-order valence-electron chi connectivity index (χ1n) is 14.5. The van der Waals surface area contributed by atoms with E-state index < -0.39 is 0 Å². The van der Waals surface area contributed by atoms with Crippen LogP contribution in [0.4, 0.5) is 5.69 Å². The summed E-state index contributed by atoms with van der Waals surface area (Å²) in [7, 11) is 3.59. The number of carbonyl (C=O) groups excluding carboxylic acids is 2. The van der Waals surface area contributed by atoms with Crippen molar-refractivity contribution in [1.29, 1.82) is 0 Å². The van der Waals surface area contributed by atoms with Gasteiger partial charge in [0.2, 0.25) is 5.91 Å². The maximum Gasteiger partial charge on any atom is 0.260 e. The molecular formula is C32H42N4O3S. The van der Waals surface area contributed by atoms with Crippen LogP contribution in [0.5, 0.6) is 5.75 Å². The van der Waals surface area contributed by atoms with E-state index in [9.17, 15) is 9.59 Å². The van der Waals surface area contributed by atoms with Crippen LogP contribution in [-0.2, 0) is 9.59 Å². The minimum atomic E-state index is -0.0209. The van der Waals surface area contributed by atoms with Gasteiger partial charge in [0.05, 0.1) is 12.0 Å². The second kappa shape index (κ2) is 13.1. The van der Waals surface area contributed by atoms with Crippen molar-refractivity contribution in [1.82, 2.24) is 15.1 Å². The highest BCUT2D eigenvalue weighted by molar-refractivity contribution is 8.04. The Morgan fingerprint density at radius 1 is 1.10 bits per heavy atom. The summed E-state index contributed by atoms with van der Waals surface area (Å²) >= 11 is 1.70. The molecule has 0 spiro atoms. The van der Waals surface area contributed by atoms with E-state index in [0.29, 0.717) is 11.8 Å². The Balaban J connectivity index is 1.03. The van der Waals surface area contributed by atoms with E-state index in [1.807, 2.05) is 42.3 Å². The molecule has 2 amide bonds. The van der Waals surface area contributed by atoms with Gasteiger partial charge < -0.3 is 19.9 Å². The molecule has 8 heteroatoms. The number of aryl methyl sites for hydroxylation is 1. The lowest BCUT2D eigenvalue weighted by atomic mass is 9.83. The van der Waals surface area contributed by atoms with Gasteiger partial charge in [0, 0.05) is 62.7 Å². The van der Waals surface area contributed by atoms with Crippen LogP contribution >= 0.6 is 11.8 Å². The summed E-state index contributed by atoms with van der Waals surface area (Å²) in [6.07, 6.45) is 5.55. The Morgan fingerprint density at radius 3 is 2.60 bits per heavy atom. The number of likely N-dealkylation sites (N-methyl/N-ethyl adjacent to an activating group) is 1. The zero-order chi connectivity index (χ0) is 28.1. The molecule has 3 fully saturated rings. The summed E-state index contributed by atoms with van der Waals surface area (Å²) in [5.74, 6) is 1.08. The molecule has 2 aromatic rings. The number of benzene rings is 2. The zero-order valence-corrected chi connectivity index (χ0v) is 24.8. The molecule has 0 aromatic heterocycles. The first-order chi connectivity index (χ1) is 19.4. The fourth-order valence-corrected chi connectivity index (χ4v) is 7.61.